The summed E-state index contributed by atoms with van der Waals surface area (Å²) in [7, 11) is 0. The van der Waals surface area contributed by atoms with Crippen LogP contribution in [0.25, 0.3) is 0 Å². The highest BCUT2D eigenvalue weighted by atomic mass is 127. The minimum Gasteiger partial charge on any atom is -0.314 e. The molecular formula is C12H18IN. The van der Waals surface area contributed by atoms with E-state index in [2.05, 4.69) is 72.9 Å². The van der Waals surface area contributed by atoms with E-state index in [1.165, 1.54) is 9.13 Å². The van der Waals surface area contributed by atoms with Gasteiger partial charge in [-0.3, -0.25) is 0 Å². The van der Waals surface area contributed by atoms with Gasteiger partial charge in [-0.1, -0.05) is 26.0 Å². The van der Waals surface area contributed by atoms with Gasteiger partial charge in [0.15, 0.2) is 0 Å². The number of benzene rings is 1. The molecule has 1 nitrogen and oxygen atoms in total. The molecule has 2 unspecified atom stereocenters. The summed E-state index contributed by atoms with van der Waals surface area (Å²) in [6, 6.07) is 9.33. The number of nitrogens with one attached hydrogen (secondary N) is 1. The lowest BCUT2D eigenvalue weighted by Crippen LogP contribution is -2.30. The molecule has 0 saturated carbocycles. The fraction of sp³-hybridized carbons (Fsp3) is 0.500. The number of hydrogen-bond donors (Lipinski definition) is 1. The first kappa shape index (κ1) is 12.0. The molecule has 78 valence electrons. The standard InChI is InChI=1S/C12H18IN/c1-4-14-10(3)9(2)11-5-7-12(13)8-6-11/h5-10,14H,4H2,1-3H3. The van der Waals surface area contributed by atoms with Gasteiger partial charge in [0.05, 0.1) is 0 Å². The zero-order chi connectivity index (χ0) is 10.6. The molecule has 1 aromatic rings. The van der Waals surface area contributed by atoms with Crippen molar-refractivity contribution in [1.29, 1.82) is 0 Å². The van der Waals surface area contributed by atoms with Crippen molar-refractivity contribution in [1.82, 2.24) is 5.32 Å². The highest BCUT2D eigenvalue weighted by Crippen LogP contribution is 2.19. The fourth-order valence-corrected chi connectivity index (χ4v) is 1.91. The van der Waals surface area contributed by atoms with Gasteiger partial charge in [0.1, 0.15) is 0 Å². The number of halogens is 1. The zero-order valence-corrected chi connectivity index (χ0v) is 11.2. The molecule has 2 heteroatoms. The predicted molar refractivity (Wildman–Crippen MR) is 70.7 cm³/mol. The molecule has 0 saturated heterocycles. The molecule has 0 bridgehead atoms. The van der Waals surface area contributed by atoms with Crippen molar-refractivity contribution in [2.45, 2.75) is 32.7 Å². The Labute approximate surface area is 100 Å². The van der Waals surface area contributed by atoms with Crippen LogP contribution in [-0.2, 0) is 0 Å². The van der Waals surface area contributed by atoms with E-state index < -0.39 is 0 Å². The van der Waals surface area contributed by atoms with Crippen LogP contribution in [0, 0.1) is 3.57 Å². The Morgan fingerprint density at radius 1 is 1.21 bits per heavy atom. The number of likely N-dealkylation sites (N-methyl/N-ethyl adjacent to an activating group) is 1. The first-order chi connectivity index (χ1) is 6.65. The van der Waals surface area contributed by atoms with Crippen molar-refractivity contribution >= 4 is 22.6 Å². The van der Waals surface area contributed by atoms with E-state index in [-0.39, 0.29) is 0 Å². The van der Waals surface area contributed by atoms with E-state index in [1.807, 2.05) is 0 Å². The maximum Gasteiger partial charge on any atom is 0.0130 e. The average molecular weight is 303 g/mol. The molecule has 0 aliphatic rings. The van der Waals surface area contributed by atoms with Crippen LogP contribution in [-0.4, -0.2) is 12.6 Å². The van der Waals surface area contributed by atoms with Crippen molar-refractivity contribution in [3.05, 3.63) is 33.4 Å². The third kappa shape index (κ3) is 3.24. The van der Waals surface area contributed by atoms with Crippen molar-refractivity contribution in [3.63, 3.8) is 0 Å². The van der Waals surface area contributed by atoms with Crippen molar-refractivity contribution in [2.75, 3.05) is 6.54 Å². The molecule has 14 heavy (non-hydrogen) atoms. The van der Waals surface area contributed by atoms with Crippen LogP contribution in [0.1, 0.15) is 32.3 Å². The van der Waals surface area contributed by atoms with E-state index in [0.717, 1.165) is 6.54 Å². The lowest BCUT2D eigenvalue weighted by molar-refractivity contribution is 0.495. The highest BCUT2D eigenvalue weighted by Gasteiger charge is 2.12. The number of hydrogen-bond acceptors (Lipinski definition) is 1. The summed E-state index contributed by atoms with van der Waals surface area (Å²) < 4.78 is 1.30. The minimum atomic E-state index is 0.542. The quantitative estimate of drug-likeness (QED) is 0.841. The Morgan fingerprint density at radius 2 is 1.79 bits per heavy atom. The second-order valence-corrected chi connectivity index (χ2v) is 4.93. The third-order valence-corrected chi connectivity index (χ3v) is 3.39. The Morgan fingerprint density at radius 3 is 2.29 bits per heavy atom. The van der Waals surface area contributed by atoms with E-state index in [1.54, 1.807) is 0 Å². The van der Waals surface area contributed by atoms with Crippen LogP contribution in [0.3, 0.4) is 0 Å². The highest BCUT2D eigenvalue weighted by molar-refractivity contribution is 14.1. The van der Waals surface area contributed by atoms with Crippen molar-refractivity contribution in [3.8, 4) is 0 Å². The van der Waals surface area contributed by atoms with Gasteiger partial charge in [-0.05, 0) is 59.7 Å². The topological polar surface area (TPSA) is 12.0 Å². The van der Waals surface area contributed by atoms with Gasteiger partial charge < -0.3 is 5.32 Å². The van der Waals surface area contributed by atoms with Gasteiger partial charge in [0.25, 0.3) is 0 Å². The zero-order valence-electron chi connectivity index (χ0n) is 9.05. The van der Waals surface area contributed by atoms with Crippen LogP contribution in [0.4, 0.5) is 0 Å². The molecule has 0 spiro atoms. The maximum absolute atomic E-state index is 3.46. The van der Waals surface area contributed by atoms with Crippen LogP contribution in [0.2, 0.25) is 0 Å². The third-order valence-electron chi connectivity index (χ3n) is 2.67. The van der Waals surface area contributed by atoms with Crippen molar-refractivity contribution in [2.24, 2.45) is 0 Å². The smallest absolute Gasteiger partial charge is 0.0130 e. The predicted octanol–water partition coefficient (Wildman–Crippen LogP) is 3.39. The van der Waals surface area contributed by atoms with E-state index in [9.17, 15) is 0 Å². The minimum absolute atomic E-state index is 0.542. The van der Waals surface area contributed by atoms with Gasteiger partial charge >= 0.3 is 0 Å². The van der Waals surface area contributed by atoms with E-state index in [0.29, 0.717) is 12.0 Å². The van der Waals surface area contributed by atoms with Crippen LogP contribution >= 0.6 is 22.6 Å². The molecule has 0 amide bonds. The first-order valence-electron chi connectivity index (χ1n) is 5.14. The maximum atomic E-state index is 3.46. The van der Waals surface area contributed by atoms with E-state index >= 15 is 0 Å². The lowest BCUT2D eigenvalue weighted by atomic mass is 9.94. The van der Waals surface area contributed by atoms with Crippen LogP contribution in [0.5, 0.6) is 0 Å². The summed E-state index contributed by atoms with van der Waals surface area (Å²) in [5, 5.41) is 3.46. The van der Waals surface area contributed by atoms with Gasteiger partial charge in [0, 0.05) is 9.61 Å². The molecule has 0 aliphatic heterocycles. The molecule has 0 fully saturated rings. The summed E-state index contributed by atoms with van der Waals surface area (Å²) in [5.74, 6) is 0.576. The average Bonchev–Trinajstić information content (AvgIpc) is 2.18. The van der Waals surface area contributed by atoms with Gasteiger partial charge in [0.2, 0.25) is 0 Å². The van der Waals surface area contributed by atoms with E-state index in [4.69, 9.17) is 0 Å². The molecule has 1 rings (SSSR count). The van der Waals surface area contributed by atoms with Crippen LogP contribution < -0.4 is 5.32 Å². The molecule has 0 radical (unpaired) electrons. The lowest BCUT2D eigenvalue weighted by Gasteiger charge is -2.21. The van der Waals surface area contributed by atoms with Gasteiger partial charge in [-0.25, -0.2) is 0 Å². The summed E-state index contributed by atoms with van der Waals surface area (Å²) in [4.78, 5) is 0. The number of rotatable bonds is 4. The molecule has 1 N–H and O–H groups in total. The monoisotopic (exact) mass is 303 g/mol. The Kier molecular flexibility index (Phi) is 4.89. The van der Waals surface area contributed by atoms with Crippen molar-refractivity contribution < 1.29 is 0 Å². The summed E-state index contributed by atoms with van der Waals surface area (Å²) in [6.07, 6.45) is 0. The molecule has 0 heterocycles. The fourth-order valence-electron chi connectivity index (χ4n) is 1.55. The molecular weight excluding hydrogens is 285 g/mol. The molecule has 0 aromatic heterocycles. The molecule has 0 aliphatic carbocycles. The van der Waals surface area contributed by atoms with Gasteiger partial charge in [-0.2, -0.15) is 0 Å². The second-order valence-electron chi connectivity index (χ2n) is 3.69. The summed E-state index contributed by atoms with van der Waals surface area (Å²) in [5.41, 5.74) is 1.42. The Balaban J connectivity index is 2.68. The SMILES string of the molecule is CCNC(C)C(C)c1ccc(I)cc1. The molecule has 2 atom stereocenters. The second kappa shape index (κ2) is 5.71. The summed E-state index contributed by atoms with van der Waals surface area (Å²) >= 11 is 2.34. The summed E-state index contributed by atoms with van der Waals surface area (Å²) in [6.45, 7) is 7.70. The first-order valence-corrected chi connectivity index (χ1v) is 6.22. The largest absolute Gasteiger partial charge is 0.314 e. The molecule has 1 aromatic carbocycles. The van der Waals surface area contributed by atoms with Gasteiger partial charge in [-0.15, -0.1) is 0 Å². The van der Waals surface area contributed by atoms with Crippen LogP contribution in [0.15, 0.2) is 24.3 Å². The Hall–Kier alpha value is -0.0900. The Bertz CT molecular complexity index is 268. The normalized spacial score (nSPS) is 15.1.